The fourth-order valence-corrected chi connectivity index (χ4v) is 7.53. The average Bonchev–Trinajstić information content (AvgIpc) is 2.83. The van der Waals surface area contributed by atoms with Gasteiger partial charge in [0.15, 0.2) is 0 Å². The van der Waals surface area contributed by atoms with E-state index < -0.39 is 0 Å². The summed E-state index contributed by atoms with van der Waals surface area (Å²) < 4.78 is 5.55. The zero-order valence-electron chi connectivity index (χ0n) is 15.6. The van der Waals surface area contributed by atoms with Gasteiger partial charge in [-0.05, 0) is 92.3 Å². The first-order chi connectivity index (χ1) is 11.3. The van der Waals surface area contributed by atoms with Gasteiger partial charge in [0.2, 0.25) is 0 Å². The number of fused-ring (bicyclic) bond motifs is 5. The molecule has 0 amide bonds. The van der Waals surface area contributed by atoms with Crippen molar-refractivity contribution >= 4 is 5.97 Å². The monoisotopic (exact) mass is 334 g/mol. The Morgan fingerprint density at radius 3 is 2.42 bits per heavy atom. The summed E-state index contributed by atoms with van der Waals surface area (Å²) in [5, 5.41) is 10.5. The van der Waals surface area contributed by atoms with E-state index in [0.29, 0.717) is 11.3 Å². The third-order valence-electron chi connectivity index (χ3n) is 8.90. The van der Waals surface area contributed by atoms with Gasteiger partial charge in [-0.2, -0.15) is 0 Å². The van der Waals surface area contributed by atoms with Gasteiger partial charge < -0.3 is 9.84 Å². The molecule has 8 atom stereocenters. The van der Waals surface area contributed by atoms with Gasteiger partial charge >= 0.3 is 5.97 Å². The Kier molecular flexibility index (Phi) is 4.02. The molecule has 24 heavy (non-hydrogen) atoms. The van der Waals surface area contributed by atoms with E-state index in [4.69, 9.17) is 4.74 Å². The summed E-state index contributed by atoms with van der Waals surface area (Å²) in [6.07, 6.45) is 10.8. The van der Waals surface area contributed by atoms with Crippen LogP contribution in [0.5, 0.6) is 0 Å². The maximum absolute atomic E-state index is 11.3. The molecule has 0 aromatic rings. The second-order valence-electron chi connectivity index (χ2n) is 9.80. The van der Waals surface area contributed by atoms with Crippen LogP contribution in [0.4, 0.5) is 0 Å². The molecule has 0 unspecified atom stereocenters. The van der Waals surface area contributed by atoms with Crippen molar-refractivity contribution in [1.29, 1.82) is 0 Å². The van der Waals surface area contributed by atoms with E-state index in [9.17, 15) is 9.90 Å². The van der Waals surface area contributed by atoms with Crippen molar-refractivity contribution in [3.63, 3.8) is 0 Å². The van der Waals surface area contributed by atoms with Crippen LogP contribution < -0.4 is 0 Å². The predicted octanol–water partition coefficient (Wildman–Crippen LogP) is 4.32. The molecule has 0 spiro atoms. The highest BCUT2D eigenvalue weighted by molar-refractivity contribution is 5.66. The quantitative estimate of drug-likeness (QED) is 0.726. The van der Waals surface area contributed by atoms with Crippen molar-refractivity contribution in [1.82, 2.24) is 0 Å². The van der Waals surface area contributed by atoms with Gasteiger partial charge in [0, 0.05) is 6.92 Å². The fourth-order valence-electron chi connectivity index (χ4n) is 7.53. The fraction of sp³-hybridized carbons (Fsp3) is 0.952. The Morgan fingerprint density at radius 1 is 0.958 bits per heavy atom. The highest BCUT2D eigenvalue weighted by Crippen LogP contribution is 2.66. The first kappa shape index (κ1) is 16.9. The third-order valence-corrected chi connectivity index (χ3v) is 8.90. The molecule has 136 valence electrons. The van der Waals surface area contributed by atoms with Gasteiger partial charge in [-0.3, -0.25) is 4.79 Å². The van der Waals surface area contributed by atoms with Crippen LogP contribution in [0.2, 0.25) is 0 Å². The molecule has 4 aliphatic carbocycles. The van der Waals surface area contributed by atoms with E-state index in [2.05, 4.69) is 13.8 Å². The normalized spacial score (nSPS) is 53.7. The first-order valence-corrected chi connectivity index (χ1v) is 10.2. The summed E-state index contributed by atoms with van der Waals surface area (Å²) in [6, 6.07) is 0. The molecule has 0 heterocycles. The van der Waals surface area contributed by atoms with Crippen LogP contribution in [0.25, 0.3) is 0 Å². The van der Waals surface area contributed by atoms with Crippen LogP contribution in [-0.4, -0.2) is 23.3 Å². The highest BCUT2D eigenvalue weighted by Gasteiger charge is 2.60. The highest BCUT2D eigenvalue weighted by atomic mass is 16.5. The van der Waals surface area contributed by atoms with E-state index >= 15 is 0 Å². The van der Waals surface area contributed by atoms with Gasteiger partial charge in [0.1, 0.15) is 6.10 Å². The topological polar surface area (TPSA) is 46.5 Å². The molecule has 0 saturated heterocycles. The van der Waals surface area contributed by atoms with Crippen LogP contribution in [0, 0.1) is 34.5 Å². The standard InChI is InChI=1S/C21H34O3/c1-13(22)24-15-8-10-20(2)14(12-15)4-5-16-17-6-7-19(23)21(17,3)11-9-18(16)20/h14-19,23H,4-12H2,1-3H3/t14-,15-,16+,17+,18+,19+,20-,21+/m0/s1. The summed E-state index contributed by atoms with van der Waals surface area (Å²) in [4.78, 5) is 11.3. The van der Waals surface area contributed by atoms with E-state index in [1.165, 1.54) is 45.4 Å². The van der Waals surface area contributed by atoms with Crippen molar-refractivity contribution < 1.29 is 14.6 Å². The van der Waals surface area contributed by atoms with Crippen molar-refractivity contribution in [2.45, 2.75) is 90.8 Å². The number of hydrogen-bond acceptors (Lipinski definition) is 3. The Hall–Kier alpha value is -0.570. The van der Waals surface area contributed by atoms with Crippen molar-refractivity contribution in [2.75, 3.05) is 0 Å². The van der Waals surface area contributed by atoms with Crippen molar-refractivity contribution in [3.05, 3.63) is 0 Å². The van der Waals surface area contributed by atoms with E-state index in [-0.39, 0.29) is 23.6 Å². The first-order valence-electron chi connectivity index (χ1n) is 10.2. The molecular weight excluding hydrogens is 300 g/mol. The number of esters is 1. The van der Waals surface area contributed by atoms with Crippen LogP contribution >= 0.6 is 0 Å². The number of carbonyl (C=O) groups is 1. The number of hydrogen-bond donors (Lipinski definition) is 1. The van der Waals surface area contributed by atoms with E-state index in [1.807, 2.05) is 0 Å². The van der Waals surface area contributed by atoms with Crippen LogP contribution in [0.3, 0.4) is 0 Å². The number of carbonyl (C=O) groups excluding carboxylic acids is 1. The molecule has 0 aromatic carbocycles. The number of rotatable bonds is 1. The minimum absolute atomic E-state index is 0.0753. The molecule has 3 heteroatoms. The van der Waals surface area contributed by atoms with Gasteiger partial charge in [-0.25, -0.2) is 0 Å². The minimum Gasteiger partial charge on any atom is -0.463 e. The zero-order chi connectivity index (χ0) is 17.1. The SMILES string of the molecule is CC(=O)O[C@H]1CC[C@@]2(C)[C@@H](CC[C@H]3[C@H]2CC[C@@]2(C)[C@H](O)CC[C@H]32)C1. The number of aliphatic hydroxyl groups excluding tert-OH is 1. The molecule has 3 nitrogen and oxygen atoms in total. The van der Waals surface area contributed by atoms with E-state index in [1.54, 1.807) is 0 Å². The lowest BCUT2D eigenvalue weighted by atomic mass is 9.45. The maximum Gasteiger partial charge on any atom is 0.302 e. The number of ether oxygens (including phenoxy) is 1. The lowest BCUT2D eigenvalue weighted by Crippen LogP contribution is -2.54. The van der Waals surface area contributed by atoms with Gasteiger partial charge in [-0.1, -0.05) is 13.8 Å². The van der Waals surface area contributed by atoms with Crippen LogP contribution in [-0.2, 0) is 9.53 Å². The number of aliphatic hydroxyl groups is 1. The van der Waals surface area contributed by atoms with Crippen LogP contribution in [0.1, 0.15) is 78.6 Å². The summed E-state index contributed by atoms with van der Waals surface area (Å²) >= 11 is 0. The van der Waals surface area contributed by atoms with Crippen molar-refractivity contribution in [2.24, 2.45) is 34.5 Å². The molecular formula is C21H34O3. The summed E-state index contributed by atoms with van der Waals surface area (Å²) in [6.45, 7) is 6.43. The zero-order valence-corrected chi connectivity index (χ0v) is 15.6. The van der Waals surface area contributed by atoms with Gasteiger partial charge in [-0.15, -0.1) is 0 Å². The molecule has 4 aliphatic rings. The lowest BCUT2D eigenvalue weighted by Gasteiger charge is -2.60. The largest absolute Gasteiger partial charge is 0.463 e. The third kappa shape index (κ3) is 2.37. The molecule has 4 rings (SSSR count). The Labute approximate surface area is 146 Å². The molecule has 0 bridgehead atoms. The maximum atomic E-state index is 11.3. The molecule has 4 saturated carbocycles. The van der Waals surface area contributed by atoms with Crippen molar-refractivity contribution in [3.8, 4) is 0 Å². The van der Waals surface area contributed by atoms with E-state index in [0.717, 1.165) is 37.0 Å². The summed E-state index contributed by atoms with van der Waals surface area (Å²) in [5.74, 6) is 2.96. The molecule has 0 radical (unpaired) electrons. The van der Waals surface area contributed by atoms with Crippen LogP contribution in [0.15, 0.2) is 0 Å². The summed E-state index contributed by atoms with van der Waals surface area (Å²) in [5.41, 5.74) is 0.605. The molecule has 1 N–H and O–H groups in total. The Morgan fingerprint density at radius 2 is 1.67 bits per heavy atom. The molecule has 0 aliphatic heterocycles. The lowest BCUT2D eigenvalue weighted by molar-refractivity contribution is -0.161. The second-order valence-corrected chi connectivity index (χ2v) is 9.80. The predicted molar refractivity (Wildman–Crippen MR) is 93.3 cm³/mol. The Balaban J connectivity index is 1.53. The minimum atomic E-state index is -0.120. The Bertz CT molecular complexity index is 517. The molecule has 0 aromatic heterocycles. The second kappa shape index (κ2) is 5.72. The van der Waals surface area contributed by atoms with Gasteiger partial charge in [0.25, 0.3) is 0 Å². The molecule has 4 fully saturated rings. The smallest absolute Gasteiger partial charge is 0.302 e. The van der Waals surface area contributed by atoms with Gasteiger partial charge in [0.05, 0.1) is 6.10 Å². The average molecular weight is 335 g/mol. The summed E-state index contributed by atoms with van der Waals surface area (Å²) in [7, 11) is 0.